The van der Waals surface area contributed by atoms with Crippen LogP contribution in [0.1, 0.15) is 74.5 Å². The van der Waals surface area contributed by atoms with Crippen LogP contribution in [0.3, 0.4) is 0 Å². The fourth-order valence-electron chi connectivity index (χ4n) is 4.22. The molecule has 0 aliphatic heterocycles. The van der Waals surface area contributed by atoms with E-state index in [0.29, 0.717) is 33.7 Å². The highest BCUT2D eigenvalue weighted by molar-refractivity contribution is 6.38. The maximum atomic E-state index is 13.5. The first kappa shape index (κ1) is 25.6. The average Bonchev–Trinajstić information content (AvgIpc) is 3.17. The summed E-state index contributed by atoms with van der Waals surface area (Å²) in [5, 5.41) is 0.716. The SMILES string of the molecule is CCCN(CCC)CCCOc1c(Cl)cc(C(=O)c2c(C(C)C)cc3ccccn23)cc1Cl. The molecule has 2 aromatic heterocycles. The Morgan fingerprint density at radius 2 is 1.70 bits per heavy atom. The highest BCUT2D eigenvalue weighted by Crippen LogP contribution is 2.36. The summed E-state index contributed by atoms with van der Waals surface area (Å²) in [5.41, 5.74) is 3.10. The number of hydrogen-bond acceptors (Lipinski definition) is 3. The number of nitrogens with zero attached hydrogens (tertiary/aromatic N) is 2. The van der Waals surface area contributed by atoms with E-state index in [2.05, 4.69) is 38.7 Å². The highest BCUT2D eigenvalue weighted by Gasteiger charge is 2.23. The molecule has 0 bridgehead atoms. The van der Waals surface area contributed by atoms with E-state index in [0.717, 1.165) is 50.0 Å². The lowest BCUT2D eigenvalue weighted by Crippen LogP contribution is -2.27. The van der Waals surface area contributed by atoms with Crippen molar-refractivity contribution >= 4 is 34.5 Å². The van der Waals surface area contributed by atoms with Crippen LogP contribution in [0, 0.1) is 0 Å². The smallest absolute Gasteiger partial charge is 0.210 e. The summed E-state index contributed by atoms with van der Waals surface area (Å²) in [6, 6.07) is 11.3. The van der Waals surface area contributed by atoms with Gasteiger partial charge in [-0.25, -0.2) is 0 Å². The Morgan fingerprint density at radius 1 is 1.03 bits per heavy atom. The Bertz CT molecular complexity index is 1060. The van der Waals surface area contributed by atoms with Crippen LogP contribution >= 0.6 is 23.2 Å². The van der Waals surface area contributed by atoms with Gasteiger partial charge in [-0.1, -0.05) is 57.0 Å². The number of carbonyl (C=O) groups is 1. The molecule has 178 valence electrons. The number of carbonyl (C=O) groups excluding carboxylic acids is 1. The summed E-state index contributed by atoms with van der Waals surface area (Å²) in [6.45, 7) is 12.3. The molecule has 0 unspecified atom stereocenters. The molecule has 4 nitrogen and oxygen atoms in total. The molecule has 0 aliphatic rings. The fourth-order valence-corrected chi connectivity index (χ4v) is 4.82. The van der Waals surface area contributed by atoms with E-state index in [-0.39, 0.29) is 11.7 Å². The largest absolute Gasteiger partial charge is 0.490 e. The number of hydrogen-bond donors (Lipinski definition) is 0. The second kappa shape index (κ2) is 11.9. The number of ether oxygens (including phenoxy) is 1. The molecule has 1 aromatic carbocycles. The molecule has 0 saturated carbocycles. The summed E-state index contributed by atoms with van der Waals surface area (Å²) in [4.78, 5) is 16.0. The van der Waals surface area contributed by atoms with Gasteiger partial charge in [-0.15, -0.1) is 0 Å². The Labute approximate surface area is 207 Å². The number of fused-ring (bicyclic) bond motifs is 1. The zero-order chi connectivity index (χ0) is 24.0. The van der Waals surface area contributed by atoms with Gasteiger partial charge in [-0.05, 0) is 74.2 Å². The molecular formula is C27H34Cl2N2O2. The zero-order valence-electron chi connectivity index (χ0n) is 20.0. The zero-order valence-corrected chi connectivity index (χ0v) is 21.5. The molecule has 0 saturated heterocycles. The molecule has 0 amide bonds. The van der Waals surface area contributed by atoms with Gasteiger partial charge in [0.05, 0.1) is 22.3 Å². The summed E-state index contributed by atoms with van der Waals surface area (Å²) >= 11 is 13.0. The van der Waals surface area contributed by atoms with Crippen molar-refractivity contribution in [3.8, 4) is 5.75 Å². The molecule has 33 heavy (non-hydrogen) atoms. The number of pyridine rings is 1. The van der Waals surface area contributed by atoms with Crippen LogP contribution in [-0.2, 0) is 0 Å². The van der Waals surface area contributed by atoms with E-state index in [1.165, 1.54) is 0 Å². The van der Waals surface area contributed by atoms with Crippen molar-refractivity contribution in [1.29, 1.82) is 0 Å². The van der Waals surface area contributed by atoms with E-state index in [1.807, 2.05) is 28.8 Å². The molecular weight excluding hydrogens is 455 g/mol. The second-order valence-corrected chi connectivity index (χ2v) is 9.55. The number of ketones is 1. The van der Waals surface area contributed by atoms with Gasteiger partial charge in [0.25, 0.3) is 0 Å². The third kappa shape index (κ3) is 6.11. The van der Waals surface area contributed by atoms with Gasteiger partial charge in [-0.3, -0.25) is 4.79 Å². The van der Waals surface area contributed by atoms with E-state index in [4.69, 9.17) is 27.9 Å². The van der Waals surface area contributed by atoms with Crippen molar-refractivity contribution in [3.63, 3.8) is 0 Å². The van der Waals surface area contributed by atoms with E-state index in [1.54, 1.807) is 12.1 Å². The van der Waals surface area contributed by atoms with E-state index < -0.39 is 0 Å². The number of rotatable bonds is 12. The normalized spacial score (nSPS) is 11.6. The van der Waals surface area contributed by atoms with Gasteiger partial charge in [-0.2, -0.15) is 0 Å². The van der Waals surface area contributed by atoms with Crippen molar-refractivity contribution < 1.29 is 9.53 Å². The molecule has 0 spiro atoms. The molecule has 6 heteroatoms. The minimum Gasteiger partial charge on any atom is -0.490 e. The van der Waals surface area contributed by atoms with Crippen molar-refractivity contribution in [3.05, 3.63) is 69.5 Å². The van der Waals surface area contributed by atoms with Crippen LogP contribution in [0.4, 0.5) is 0 Å². The minimum atomic E-state index is -0.102. The summed E-state index contributed by atoms with van der Waals surface area (Å²) in [5.74, 6) is 0.545. The van der Waals surface area contributed by atoms with Crippen molar-refractivity contribution in [1.82, 2.24) is 9.30 Å². The molecule has 0 atom stereocenters. The molecule has 3 aromatic rings. The molecule has 2 heterocycles. The van der Waals surface area contributed by atoms with Gasteiger partial charge in [0.2, 0.25) is 5.78 Å². The molecule has 0 aliphatic carbocycles. The van der Waals surface area contributed by atoms with Crippen molar-refractivity contribution in [2.45, 2.75) is 52.9 Å². The van der Waals surface area contributed by atoms with Crippen LogP contribution < -0.4 is 4.74 Å². The number of benzene rings is 1. The Hall–Kier alpha value is -2.01. The first-order valence-electron chi connectivity index (χ1n) is 11.9. The summed E-state index contributed by atoms with van der Waals surface area (Å²) < 4.78 is 7.86. The van der Waals surface area contributed by atoms with Crippen LogP contribution in [0.25, 0.3) is 5.52 Å². The van der Waals surface area contributed by atoms with Gasteiger partial charge in [0.15, 0.2) is 5.75 Å². The van der Waals surface area contributed by atoms with E-state index in [9.17, 15) is 4.79 Å². The lowest BCUT2D eigenvalue weighted by atomic mass is 9.98. The lowest BCUT2D eigenvalue weighted by molar-refractivity contribution is 0.103. The van der Waals surface area contributed by atoms with Gasteiger partial charge >= 0.3 is 0 Å². The average molecular weight is 489 g/mol. The predicted octanol–water partition coefficient (Wildman–Crippen LogP) is 7.49. The monoisotopic (exact) mass is 488 g/mol. The Morgan fingerprint density at radius 3 is 2.30 bits per heavy atom. The van der Waals surface area contributed by atoms with Crippen LogP contribution in [-0.4, -0.2) is 41.3 Å². The van der Waals surface area contributed by atoms with Gasteiger partial charge < -0.3 is 14.0 Å². The Kier molecular flexibility index (Phi) is 9.25. The molecule has 0 N–H and O–H groups in total. The highest BCUT2D eigenvalue weighted by atomic mass is 35.5. The van der Waals surface area contributed by atoms with Crippen LogP contribution in [0.15, 0.2) is 42.6 Å². The van der Waals surface area contributed by atoms with Gasteiger partial charge in [0.1, 0.15) is 0 Å². The fraction of sp³-hybridized carbons (Fsp3) is 0.444. The van der Waals surface area contributed by atoms with Gasteiger partial charge in [0, 0.05) is 23.8 Å². The molecule has 3 rings (SSSR count). The first-order chi connectivity index (χ1) is 15.9. The summed E-state index contributed by atoms with van der Waals surface area (Å²) in [6.07, 6.45) is 5.09. The lowest BCUT2D eigenvalue weighted by Gasteiger charge is -2.21. The predicted molar refractivity (Wildman–Crippen MR) is 139 cm³/mol. The second-order valence-electron chi connectivity index (χ2n) is 8.74. The third-order valence-electron chi connectivity index (χ3n) is 5.75. The molecule has 0 radical (unpaired) electrons. The maximum Gasteiger partial charge on any atom is 0.210 e. The summed E-state index contributed by atoms with van der Waals surface area (Å²) in [7, 11) is 0. The third-order valence-corrected chi connectivity index (χ3v) is 6.31. The van der Waals surface area contributed by atoms with Crippen LogP contribution in [0.2, 0.25) is 10.0 Å². The van der Waals surface area contributed by atoms with Crippen molar-refractivity contribution in [2.24, 2.45) is 0 Å². The van der Waals surface area contributed by atoms with E-state index >= 15 is 0 Å². The minimum absolute atomic E-state index is 0.102. The molecule has 0 fully saturated rings. The van der Waals surface area contributed by atoms with Crippen LogP contribution in [0.5, 0.6) is 5.75 Å². The maximum absolute atomic E-state index is 13.5. The number of aromatic nitrogens is 1. The number of halogens is 2. The van der Waals surface area contributed by atoms with Crippen molar-refractivity contribution in [2.75, 3.05) is 26.2 Å². The standard InChI is InChI=1S/C27H34Cl2N2O2/c1-5-11-30(12-6-2)13-9-15-33-27-23(28)16-20(17-24(27)29)26(32)25-22(19(3)4)18-21-10-7-8-14-31(21)25/h7-8,10,14,16-19H,5-6,9,11-13,15H2,1-4H3. The first-order valence-corrected chi connectivity index (χ1v) is 12.6. The Balaban J connectivity index is 1.77. The quantitative estimate of drug-likeness (QED) is 0.195. The topological polar surface area (TPSA) is 34.0 Å².